The maximum atomic E-state index is 12.2. The number of aromatic nitrogens is 1. The SMILES string of the molecule is CC(C)(C)OC(=O)N(CCC[C@H](N)CNCc1cccnc1)C(=N)N[N+](=O)[O-]. The number of nitro groups is 1. The zero-order chi connectivity index (χ0) is 21.2. The van der Waals surface area contributed by atoms with E-state index in [-0.39, 0.29) is 12.6 Å². The number of ether oxygens (including phenoxy) is 1. The molecule has 1 atom stereocenters. The molecule has 0 saturated carbocycles. The summed E-state index contributed by atoms with van der Waals surface area (Å²) in [7, 11) is 0. The summed E-state index contributed by atoms with van der Waals surface area (Å²) in [6.07, 6.45) is 3.67. The van der Waals surface area contributed by atoms with Crippen LogP contribution in [0.5, 0.6) is 0 Å². The van der Waals surface area contributed by atoms with E-state index >= 15 is 0 Å². The number of hydrogen-bond acceptors (Lipinski definition) is 8. The van der Waals surface area contributed by atoms with Gasteiger partial charge in [-0.1, -0.05) is 11.5 Å². The third-order valence-electron chi connectivity index (χ3n) is 3.50. The lowest BCUT2D eigenvalue weighted by atomic mass is 10.1. The number of carbonyl (C=O) groups excluding carboxylic acids is 1. The van der Waals surface area contributed by atoms with E-state index in [1.165, 1.54) is 0 Å². The summed E-state index contributed by atoms with van der Waals surface area (Å²) >= 11 is 0. The average molecular weight is 395 g/mol. The highest BCUT2D eigenvalue weighted by atomic mass is 16.7. The Morgan fingerprint density at radius 2 is 2.21 bits per heavy atom. The van der Waals surface area contributed by atoms with Gasteiger partial charge in [0.05, 0.1) is 0 Å². The summed E-state index contributed by atoms with van der Waals surface area (Å²) in [6, 6.07) is 3.64. The molecular formula is C17H29N7O4. The van der Waals surface area contributed by atoms with E-state index in [2.05, 4.69) is 10.3 Å². The molecule has 0 aliphatic heterocycles. The summed E-state index contributed by atoms with van der Waals surface area (Å²) in [6.45, 7) is 6.31. The van der Waals surface area contributed by atoms with Crippen molar-refractivity contribution in [3.8, 4) is 0 Å². The minimum atomic E-state index is -0.895. The Hall–Kier alpha value is -2.79. The molecule has 0 radical (unpaired) electrons. The number of nitrogens with zero attached hydrogens (tertiary/aromatic N) is 3. The van der Waals surface area contributed by atoms with Crippen LogP contribution in [-0.4, -0.2) is 51.7 Å². The number of rotatable bonds is 9. The molecule has 0 fully saturated rings. The van der Waals surface area contributed by atoms with Gasteiger partial charge in [0.25, 0.3) is 5.96 Å². The Morgan fingerprint density at radius 1 is 1.50 bits per heavy atom. The third-order valence-corrected chi connectivity index (χ3v) is 3.50. The number of pyridine rings is 1. The van der Waals surface area contributed by atoms with E-state index in [1.54, 1.807) is 38.6 Å². The molecule has 11 heteroatoms. The molecule has 5 N–H and O–H groups in total. The van der Waals surface area contributed by atoms with Gasteiger partial charge in [0.1, 0.15) is 5.60 Å². The molecule has 28 heavy (non-hydrogen) atoms. The fourth-order valence-electron chi connectivity index (χ4n) is 2.28. The van der Waals surface area contributed by atoms with Crippen LogP contribution in [0.3, 0.4) is 0 Å². The predicted octanol–water partition coefficient (Wildman–Crippen LogP) is 1.23. The van der Waals surface area contributed by atoms with Crippen molar-refractivity contribution < 1.29 is 14.6 Å². The fourth-order valence-corrected chi connectivity index (χ4v) is 2.28. The molecule has 1 aromatic heterocycles. The minimum absolute atomic E-state index is 0.0743. The van der Waals surface area contributed by atoms with Crippen LogP contribution in [0.25, 0.3) is 0 Å². The topological polar surface area (TPSA) is 160 Å². The van der Waals surface area contributed by atoms with Crippen molar-refractivity contribution in [1.29, 1.82) is 5.41 Å². The molecule has 1 rings (SSSR count). The molecule has 0 bridgehead atoms. The summed E-state index contributed by atoms with van der Waals surface area (Å²) in [5.41, 5.74) is 8.02. The van der Waals surface area contributed by atoms with Crippen LogP contribution in [0.4, 0.5) is 4.79 Å². The van der Waals surface area contributed by atoms with E-state index in [9.17, 15) is 14.9 Å². The van der Waals surface area contributed by atoms with Crippen molar-refractivity contribution in [3.05, 3.63) is 40.2 Å². The number of carbonyl (C=O) groups is 1. The molecule has 0 aliphatic rings. The summed E-state index contributed by atoms with van der Waals surface area (Å²) in [5, 5.41) is 20.6. The number of hydrazine groups is 1. The maximum absolute atomic E-state index is 12.2. The smallest absolute Gasteiger partial charge is 0.417 e. The molecule has 0 unspecified atom stereocenters. The first-order chi connectivity index (χ1) is 13.1. The molecule has 1 heterocycles. The average Bonchev–Trinajstić information content (AvgIpc) is 2.57. The van der Waals surface area contributed by atoms with Gasteiger partial charge < -0.3 is 15.8 Å². The molecule has 1 aromatic rings. The Kier molecular flexibility index (Phi) is 9.25. The van der Waals surface area contributed by atoms with E-state index in [0.717, 1.165) is 10.5 Å². The van der Waals surface area contributed by atoms with E-state index in [4.69, 9.17) is 15.9 Å². The van der Waals surface area contributed by atoms with Crippen molar-refractivity contribution in [2.75, 3.05) is 13.1 Å². The zero-order valence-electron chi connectivity index (χ0n) is 16.5. The quantitative estimate of drug-likeness (QED) is 0.210. The van der Waals surface area contributed by atoms with Gasteiger partial charge in [-0.15, -0.1) is 0 Å². The summed E-state index contributed by atoms with van der Waals surface area (Å²) in [4.78, 5) is 27.7. The van der Waals surface area contributed by atoms with Crippen LogP contribution in [0, 0.1) is 15.5 Å². The minimum Gasteiger partial charge on any atom is -0.443 e. The summed E-state index contributed by atoms with van der Waals surface area (Å²) in [5.74, 6) is -0.650. The van der Waals surface area contributed by atoms with Crippen LogP contribution in [0.15, 0.2) is 24.5 Å². The van der Waals surface area contributed by atoms with Gasteiger partial charge in [0.15, 0.2) is 5.03 Å². The Labute approximate surface area is 164 Å². The highest BCUT2D eigenvalue weighted by molar-refractivity contribution is 5.91. The molecule has 0 saturated heterocycles. The van der Waals surface area contributed by atoms with E-state index in [0.29, 0.717) is 25.9 Å². The van der Waals surface area contributed by atoms with Crippen molar-refractivity contribution in [3.63, 3.8) is 0 Å². The van der Waals surface area contributed by atoms with Crippen LogP contribution in [-0.2, 0) is 11.3 Å². The lowest BCUT2D eigenvalue weighted by molar-refractivity contribution is -0.526. The molecule has 156 valence electrons. The van der Waals surface area contributed by atoms with Gasteiger partial charge in [-0.2, -0.15) is 0 Å². The van der Waals surface area contributed by atoms with Crippen molar-refractivity contribution in [2.45, 2.75) is 51.8 Å². The molecule has 11 nitrogen and oxygen atoms in total. The molecule has 0 spiro atoms. The largest absolute Gasteiger partial charge is 0.443 e. The number of nitrogens with two attached hydrogens (primary N) is 1. The van der Waals surface area contributed by atoms with Crippen LogP contribution < -0.4 is 16.5 Å². The lowest BCUT2D eigenvalue weighted by Gasteiger charge is -2.26. The molecular weight excluding hydrogens is 366 g/mol. The van der Waals surface area contributed by atoms with Crippen LogP contribution >= 0.6 is 0 Å². The standard InChI is InChI=1S/C17H29N7O4/c1-17(2,3)28-16(25)23(15(19)22-24(26)27)9-5-7-14(18)12-21-11-13-6-4-8-20-10-13/h4,6,8,10,14,21H,5,7,9,11-12,18H2,1-3H3,(H2,19,22)/t14-/m0/s1. The molecule has 0 aliphatic carbocycles. The normalized spacial score (nSPS) is 12.1. The fraction of sp³-hybridized carbons (Fsp3) is 0.588. The van der Waals surface area contributed by atoms with Crippen LogP contribution in [0.1, 0.15) is 39.2 Å². The van der Waals surface area contributed by atoms with Gasteiger partial charge in [-0.25, -0.2) is 19.8 Å². The van der Waals surface area contributed by atoms with Gasteiger partial charge in [0.2, 0.25) is 0 Å². The van der Waals surface area contributed by atoms with Gasteiger partial charge in [-0.05, 0) is 45.2 Å². The first kappa shape index (κ1) is 23.2. The Morgan fingerprint density at radius 3 is 2.79 bits per heavy atom. The van der Waals surface area contributed by atoms with Gasteiger partial charge in [0, 0.05) is 38.1 Å². The van der Waals surface area contributed by atoms with Crippen LogP contribution in [0.2, 0.25) is 0 Å². The van der Waals surface area contributed by atoms with E-state index in [1.807, 2.05) is 12.1 Å². The second-order valence-electron chi connectivity index (χ2n) is 7.24. The number of hydrogen-bond donors (Lipinski definition) is 4. The van der Waals surface area contributed by atoms with Crippen molar-refractivity contribution in [2.24, 2.45) is 5.73 Å². The molecule has 0 aromatic carbocycles. The predicted molar refractivity (Wildman–Crippen MR) is 104 cm³/mol. The molecule has 1 amide bonds. The monoisotopic (exact) mass is 395 g/mol. The lowest BCUT2D eigenvalue weighted by Crippen LogP contribution is -2.48. The second kappa shape index (κ2) is 11.1. The van der Waals surface area contributed by atoms with Gasteiger partial charge >= 0.3 is 6.09 Å². The summed E-state index contributed by atoms with van der Waals surface area (Å²) < 4.78 is 5.21. The maximum Gasteiger partial charge on any atom is 0.417 e. The van der Waals surface area contributed by atoms with Crippen molar-refractivity contribution in [1.82, 2.24) is 20.6 Å². The highest BCUT2D eigenvalue weighted by Crippen LogP contribution is 2.11. The number of guanidine groups is 1. The van der Waals surface area contributed by atoms with E-state index < -0.39 is 22.7 Å². The Bertz CT molecular complexity index is 649. The third kappa shape index (κ3) is 9.78. The van der Waals surface area contributed by atoms with Gasteiger partial charge in [-0.3, -0.25) is 10.4 Å². The second-order valence-corrected chi connectivity index (χ2v) is 7.24. The Balaban J connectivity index is 2.46. The van der Waals surface area contributed by atoms with Crippen molar-refractivity contribution >= 4 is 12.1 Å². The number of amides is 1. The first-order valence-electron chi connectivity index (χ1n) is 8.94. The number of nitrogens with one attached hydrogen (secondary N) is 3. The first-order valence-corrected chi connectivity index (χ1v) is 8.94. The zero-order valence-corrected chi connectivity index (χ0v) is 16.5. The highest BCUT2D eigenvalue weighted by Gasteiger charge is 2.27.